The molecule has 0 amide bonds. The summed E-state index contributed by atoms with van der Waals surface area (Å²) in [5.41, 5.74) is 1.52. The Hall–Kier alpha value is -3.06. The van der Waals surface area contributed by atoms with Gasteiger partial charge >= 0.3 is 0 Å². The molecule has 0 atom stereocenters. The number of hydrogen-bond acceptors (Lipinski definition) is 7. The van der Waals surface area contributed by atoms with Crippen LogP contribution in [0.15, 0.2) is 48.7 Å². The zero-order valence-electron chi connectivity index (χ0n) is 13.7. The molecule has 0 aliphatic rings. The van der Waals surface area contributed by atoms with Gasteiger partial charge in [-0.05, 0) is 36.4 Å². The van der Waals surface area contributed by atoms with Crippen LogP contribution in [0.3, 0.4) is 0 Å². The van der Waals surface area contributed by atoms with Crippen molar-refractivity contribution in [2.45, 2.75) is 0 Å². The standard InChI is InChI=1S/C17H16ClN5O2/c1-24-13-7-8-15(25-2)14(9-13)21-16-10-19-23-17(22-16)20-12-5-3-11(18)4-6-12/h3-10H,1-2H3,(H2,20,21,22,23). The molecule has 25 heavy (non-hydrogen) atoms. The first-order chi connectivity index (χ1) is 12.2. The van der Waals surface area contributed by atoms with Crippen molar-refractivity contribution in [2.24, 2.45) is 0 Å². The summed E-state index contributed by atoms with van der Waals surface area (Å²) < 4.78 is 10.6. The van der Waals surface area contributed by atoms with E-state index in [1.807, 2.05) is 30.3 Å². The normalized spacial score (nSPS) is 10.2. The van der Waals surface area contributed by atoms with Crippen molar-refractivity contribution in [2.75, 3.05) is 24.9 Å². The average Bonchev–Trinajstić information content (AvgIpc) is 2.64. The molecule has 0 aliphatic carbocycles. The van der Waals surface area contributed by atoms with Gasteiger partial charge in [0, 0.05) is 16.8 Å². The van der Waals surface area contributed by atoms with E-state index < -0.39 is 0 Å². The van der Waals surface area contributed by atoms with Gasteiger partial charge in [-0.25, -0.2) is 0 Å². The SMILES string of the molecule is COc1ccc(OC)c(Nc2cnnc(Nc3ccc(Cl)cc3)n2)c1. The van der Waals surface area contributed by atoms with Gasteiger partial charge in [-0.3, -0.25) is 0 Å². The lowest BCUT2D eigenvalue weighted by atomic mass is 10.2. The summed E-state index contributed by atoms with van der Waals surface area (Å²) in [6, 6.07) is 12.7. The number of ether oxygens (including phenoxy) is 2. The Morgan fingerprint density at radius 1 is 0.960 bits per heavy atom. The third kappa shape index (κ3) is 4.27. The van der Waals surface area contributed by atoms with Crippen LogP contribution in [-0.4, -0.2) is 29.4 Å². The largest absolute Gasteiger partial charge is 0.497 e. The van der Waals surface area contributed by atoms with E-state index in [-0.39, 0.29) is 0 Å². The highest BCUT2D eigenvalue weighted by Gasteiger charge is 2.08. The molecule has 0 aliphatic heterocycles. The van der Waals surface area contributed by atoms with Gasteiger partial charge in [0.15, 0.2) is 5.82 Å². The monoisotopic (exact) mass is 357 g/mol. The second-order valence-electron chi connectivity index (χ2n) is 4.99. The number of aromatic nitrogens is 3. The molecule has 3 rings (SSSR count). The number of halogens is 1. The zero-order valence-corrected chi connectivity index (χ0v) is 14.4. The van der Waals surface area contributed by atoms with Crippen LogP contribution in [-0.2, 0) is 0 Å². The number of benzene rings is 2. The Morgan fingerprint density at radius 3 is 2.48 bits per heavy atom. The molecule has 2 N–H and O–H groups in total. The van der Waals surface area contributed by atoms with Gasteiger partial charge in [0.2, 0.25) is 5.95 Å². The maximum Gasteiger partial charge on any atom is 0.249 e. The Labute approximate surface area is 150 Å². The smallest absolute Gasteiger partial charge is 0.249 e. The minimum absolute atomic E-state index is 0.356. The van der Waals surface area contributed by atoms with Crippen LogP contribution >= 0.6 is 11.6 Å². The highest BCUT2D eigenvalue weighted by molar-refractivity contribution is 6.30. The van der Waals surface area contributed by atoms with Crippen molar-refractivity contribution < 1.29 is 9.47 Å². The second kappa shape index (κ2) is 7.67. The van der Waals surface area contributed by atoms with Gasteiger partial charge in [0.05, 0.1) is 26.1 Å². The third-order valence-corrected chi connectivity index (χ3v) is 3.58. The summed E-state index contributed by atoms with van der Waals surface area (Å²) in [6.45, 7) is 0. The Kier molecular flexibility index (Phi) is 5.15. The van der Waals surface area contributed by atoms with Crippen LogP contribution in [0.4, 0.5) is 23.1 Å². The summed E-state index contributed by atoms with van der Waals surface area (Å²) in [6.07, 6.45) is 1.52. The molecule has 128 valence electrons. The Balaban J connectivity index is 1.81. The second-order valence-corrected chi connectivity index (χ2v) is 5.42. The van der Waals surface area contributed by atoms with Crippen molar-refractivity contribution in [1.82, 2.24) is 15.2 Å². The van der Waals surface area contributed by atoms with Crippen molar-refractivity contribution in [1.29, 1.82) is 0 Å². The molecule has 8 heteroatoms. The fourth-order valence-corrected chi connectivity index (χ4v) is 2.25. The van der Waals surface area contributed by atoms with Crippen molar-refractivity contribution >= 4 is 34.7 Å². The van der Waals surface area contributed by atoms with Gasteiger partial charge in [-0.1, -0.05) is 11.6 Å². The van der Waals surface area contributed by atoms with E-state index >= 15 is 0 Å². The molecule has 3 aromatic rings. The summed E-state index contributed by atoms with van der Waals surface area (Å²) in [5.74, 6) is 2.23. The van der Waals surface area contributed by atoms with E-state index in [4.69, 9.17) is 21.1 Å². The number of nitrogens with one attached hydrogen (secondary N) is 2. The van der Waals surface area contributed by atoms with E-state index in [9.17, 15) is 0 Å². The van der Waals surface area contributed by atoms with Gasteiger partial charge in [-0.15, -0.1) is 5.10 Å². The molecule has 0 radical (unpaired) electrons. The predicted octanol–water partition coefficient (Wildman–Crippen LogP) is 4.03. The van der Waals surface area contributed by atoms with Crippen LogP contribution in [0.5, 0.6) is 11.5 Å². The van der Waals surface area contributed by atoms with Crippen LogP contribution in [0.2, 0.25) is 5.02 Å². The molecule has 0 fully saturated rings. The van der Waals surface area contributed by atoms with Crippen LogP contribution in [0.1, 0.15) is 0 Å². The van der Waals surface area contributed by atoms with Gasteiger partial charge in [-0.2, -0.15) is 10.1 Å². The highest BCUT2D eigenvalue weighted by atomic mass is 35.5. The third-order valence-electron chi connectivity index (χ3n) is 3.33. The molecule has 1 heterocycles. The quantitative estimate of drug-likeness (QED) is 0.689. The molecule has 0 bridgehead atoms. The number of methoxy groups -OCH3 is 2. The number of rotatable bonds is 6. The van der Waals surface area contributed by atoms with E-state index in [1.165, 1.54) is 6.20 Å². The minimum atomic E-state index is 0.356. The molecule has 1 aromatic heterocycles. The highest BCUT2D eigenvalue weighted by Crippen LogP contribution is 2.31. The summed E-state index contributed by atoms with van der Waals surface area (Å²) in [7, 11) is 3.20. The Bertz CT molecular complexity index is 858. The topological polar surface area (TPSA) is 81.2 Å². The lowest BCUT2D eigenvalue weighted by Gasteiger charge is -2.12. The Morgan fingerprint density at radius 2 is 1.76 bits per heavy atom. The first-order valence-electron chi connectivity index (χ1n) is 7.39. The molecular weight excluding hydrogens is 342 g/mol. The van der Waals surface area contributed by atoms with Crippen molar-refractivity contribution in [3.05, 3.63) is 53.7 Å². The first-order valence-corrected chi connectivity index (χ1v) is 7.77. The number of hydrogen-bond donors (Lipinski definition) is 2. The molecule has 7 nitrogen and oxygen atoms in total. The van der Waals surface area contributed by atoms with E-state index in [2.05, 4.69) is 25.8 Å². The molecular formula is C17H16ClN5O2. The summed E-state index contributed by atoms with van der Waals surface area (Å²) in [5, 5.41) is 14.8. The number of anilines is 4. The predicted molar refractivity (Wildman–Crippen MR) is 97.4 cm³/mol. The van der Waals surface area contributed by atoms with Gasteiger partial charge in [0.25, 0.3) is 0 Å². The fraction of sp³-hybridized carbons (Fsp3) is 0.118. The minimum Gasteiger partial charge on any atom is -0.497 e. The lowest BCUT2D eigenvalue weighted by Crippen LogP contribution is -2.03. The van der Waals surface area contributed by atoms with E-state index in [0.29, 0.717) is 34.0 Å². The molecule has 0 unspecified atom stereocenters. The number of nitrogens with zero attached hydrogens (tertiary/aromatic N) is 3. The maximum absolute atomic E-state index is 5.88. The zero-order chi connectivity index (χ0) is 17.6. The van der Waals surface area contributed by atoms with Gasteiger partial charge in [0.1, 0.15) is 11.5 Å². The van der Waals surface area contributed by atoms with Crippen LogP contribution in [0.25, 0.3) is 0 Å². The fourth-order valence-electron chi connectivity index (χ4n) is 2.13. The van der Waals surface area contributed by atoms with E-state index in [1.54, 1.807) is 26.4 Å². The lowest BCUT2D eigenvalue weighted by molar-refractivity contribution is 0.405. The summed E-state index contributed by atoms with van der Waals surface area (Å²) >= 11 is 5.88. The molecule has 0 saturated carbocycles. The van der Waals surface area contributed by atoms with Crippen LogP contribution in [0, 0.1) is 0 Å². The average molecular weight is 358 g/mol. The van der Waals surface area contributed by atoms with Crippen molar-refractivity contribution in [3.63, 3.8) is 0 Å². The van der Waals surface area contributed by atoms with Gasteiger partial charge < -0.3 is 20.1 Å². The van der Waals surface area contributed by atoms with Crippen LogP contribution < -0.4 is 20.1 Å². The maximum atomic E-state index is 5.88. The van der Waals surface area contributed by atoms with E-state index in [0.717, 1.165) is 5.69 Å². The molecule has 0 spiro atoms. The molecule has 2 aromatic carbocycles. The van der Waals surface area contributed by atoms with Crippen molar-refractivity contribution in [3.8, 4) is 11.5 Å². The first kappa shape index (κ1) is 16.8. The molecule has 0 saturated heterocycles. The summed E-state index contributed by atoms with van der Waals surface area (Å²) in [4.78, 5) is 4.39.